The monoisotopic (exact) mass is 284 g/mol. The molecule has 0 aliphatic heterocycles. The second-order valence-corrected chi connectivity index (χ2v) is 4.07. The molecule has 112 valence electrons. The summed E-state index contributed by atoms with van der Waals surface area (Å²) in [5.41, 5.74) is 0.876. The van der Waals surface area contributed by atoms with Gasteiger partial charge in [0.05, 0.1) is 18.1 Å². The van der Waals surface area contributed by atoms with E-state index in [1.807, 2.05) is 0 Å². The minimum Gasteiger partial charge on any atom is -0.484 e. The first-order chi connectivity index (χ1) is 9.69. The zero-order valence-corrected chi connectivity index (χ0v) is 11.8. The smallest absolute Gasteiger partial charge is 0.310 e. The molecule has 0 saturated heterocycles. The average molecular weight is 284 g/mol. The third-order valence-electron chi connectivity index (χ3n) is 2.58. The summed E-state index contributed by atoms with van der Waals surface area (Å²) in [6, 6.07) is 4.84. The predicted octanol–water partition coefficient (Wildman–Crippen LogP) is 1.36. The Bertz CT molecular complexity index is 425. The van der Waals surface area contributed by atoms with Crippen molar-refractivity contribution in [3.63, 3.8) is 0 Å². The van der Waals surface area contributed by atoms with E-state index in [1.54, 1.807) is 26.4 Å². The standard InChI is InChI=1S/C13H20N2O5/c1-18-6-5-14-10-11-3-4-12(15(16)17)13(9-11)20-8-7-19-2/h3-4,9,14H,5-8,10H2,1-2H3. The summed E-state index contributed by atoms with van der Waals surface area (Å²) in [7, 11) is 3.18. The molecule has 1 N–H and O–H groups in total. The number of nitrogens with zero attached hydrogens (tertiary/aromatic N) is 1. The van der Waals surface area contributed by atoms with Crippen LogP contribution < -0.4 is 10.1 Å². The second-order valence-electron chi connectivity index (χ2n) is 4.07. The number of benzene rings is 1. The first-order valence-corrected chi connectivity index (χ1v) is 6.27. The molecule has 7 heteroatoms. The van der Waals surface area contributed by atoms with Gasteiger partial charge in [-0.2, -0.15) is 0 Å². The highest BCUT2D eigenvalue weighted by molar-refractivity contribution is 5.48. The van der Waals surface area contributed by atoms with Crippen LogP contribution in [0.25, 0.3) is 0 Å². The zero-order chi connectivity index (χ0) is 14.8. The van der Waals surface area contributed by atoms with Gasteiger partial charge in [0.2, 0.25) is 0 Å². The predicted molar refractivity (Wildman–Crippen MR) is 74.1 cm³/mol. The molecule has 0 aromatic heterocycles. The highest BCUT2D eigenvalue weighted by Crippen LogP contribution is 2.27. The van der Waals surface area contributed by atoms with Crippen molar-refractivity contribution in [3.05, 3.63) is 33.9 Å². The summed E-state index contributed by atoms with van der Waals surface area (Å²) in [5.74, 6) is 0.262. The summed E-state index contributed by atoms with van der Waals surface area (Å²) in [4.78, 5) is 10.5. The highest BCUT2D eigenvalue weighted by Gasteiger charge is 2.15. The molecule has 0 amide bonds. The molecule has 0 bridgehead atoms. The number of methoxy groups -OCH3 is 2. The van der Waals surface area contributed by atoms with Gasteiger partial charge < -0.3 is 19.5 Å². The van der Waals surface area contributed by atoms with Crippen molar-refractivity contribution in [2.75, 3.05) is 40.6 Å². The van der Waals surface area contributed by atoms with Gasteiger partial charge in [-0.1, -0.05) is 6.07 Å². The molecular formula is C13H20N2O5. The van der Waals surface area contributed by atoms with Crippen LogP contribution in [0.15, 0.2) is 18.2 Å². The number of rotatable bonds is 10. The Morgan fingerprint density at radius 2 is 1.95 bits per heavy atom. The topological polar surface area (TPSA) is 82.9 Å². The number of nitro groups is 1. The van der Waals surface area contributed by atoms with Crippen molar-refractivity contribution >= 4 is 5.69 Å². The van der Waals surface area contributed by atoms with Crippen molar-refractivity contribution in [1.29, 1.82) is 0 Å². The van der Waals surface area contributed by atoms with Gasteiger partial charge in [-0.05, 0) is 11.6 Å². The highest BCUT2D eigenvalue weighted by atomic mass is 16.6. The van der Waals surface area contributed by atoms with E-state index in [1.165, 1.54) is 6.07 Å². The third-order valence-corrected chi connectivity index (χ3v) is 2.58. The van der Waals surface area contributed by atoms with E-state index in [4.69, 9.17) is 14.2 Å². The Labute approximate surface area is 118 Å². The SMILES string of the molecule is COCCNCc1ccc([N+](=O)[O-])c(OCCOC)c1. The molecule has 0 aliphatic carbocycles. The molecule has 7 nitrogen and oxygen atoms in total. The summed E-state index contributed by atoms with van der Waals surface area (Å²) in [5, 5.41) is 14.1. The third kappa shape index (κ3) is 5.52. The number of hydrogen-bond acceptors (Lipinski definition) is 6. The molecular weight excluding hydrogens is 264 g/mol. The van der Waals surface area contributed by atoms with E-state index in [0.717, 1.165) is 5.56 Å². The van der Waals surface area contributed by atoms with Gasteiger partial charge in [0, 0.05) is 33.4 Å². The normalized spacial score (nSPS) is 10.5. The van der Waals surface area contributed by atoms with E-state index >= 15 is 0 Å². The van der Waals surface area contributed by atoms with Crippen LogP contribution in [0.1, 0.15) is 5.56 Å². The largest absolute Gasteiger partial charge is 0.484 e. The van der Waals surface area contributed by atoms with Crippen LogP contribution in [0.3, 0.4) is 0 Å². The quantitative estimate of drug-likeness (QED) is 0.397. The van der Waals surface area contributed by atoms with Gasteiger partial charge in [0.1, 0.15) is 6.61 Å². The molecule has 1 aromatic rings. The van der Waals surface area contributed by atoms with Crippen molar-refractivity contribution in [1.82, 2.24) is 5.32 Å². The summed E-state index contributed by atoms with van der Waals surface area (Å²) >= 11 is 0. The lowest BCUT2D eigenvalue weighted by Gasteiger charge is -2.09. The maximum atomic E-state index is 10.9. The zero-order valence-electron chi connectivity index (χ0n) is 11.8. The number of ether oxygens (including phenoxy) is 3. The van der Waals surface area contributed by atoms with Crippen molar-refractivity contribution in [2.24, 2.45) is 0 Å². The Morgan fingerprint density at radius 3 is 2.60 bits per heavy atom. The fourth-order valence-electron chi connectivity index (χ4n) is 1.58. The van der Waals surface area contributed by atoms with E-state index < -0.39 is 4.92 Å². The van der Waals surface area contributed by atoms with E-state index in [2.05, 4.69) is 5.32 Å². The molecule has 0 spiro atoms. The summed E-state index contributed by atoms with van der Waals surface area (Å²) < 4.78 is 15.2. The van der Waals surface area contributed by atoms with E-state index in [-0.39, 0.29) is 18.0 Å². The average Bonchev–Trinajstić information content (AvgIpc) is 2.44. The van der Waals surface area contributed by atoms with Gasteiger partial charge in [-0.25, -0.2) is 0 Å². The first kappa shape index (κ1) is 16.4. The van der Waals surface area contributed by atoms with Crippen LogP contribution in [-0.2, 0) is 16.0 Å². The Morgan fingerprint density at radius 1 is 1.20 bits per heavy atom. The van der Waals surface area contributed by atoms with Crippen molar-refractivity contribution in [3.8, 4) is 5.75 Å². The molecule has 0 aliphatic rings. The lowest BCUT2D eigenvalue weighted by atomic mass is 10.2. The van der Waals surface area contributed by atoms with Gasteiger partial charge in [0.15, 0.2) is 5.75 Å². The van der Waals surface area contributed by atoms with Gasteiger partial charge >= 0.3 is 5.69 Å². The lowest BCUT2D eigenvalue weighted by Crippen LogP contribution is -2.18. The van der Waals surface area contributed by atoms with E-state index in [9.17, 15) is 10.1 Å². The van der Waals surface area contributed by atoms with E-state index in [0.29, 0.717) is 26.3 Å². The molecule has 0 unspecified atom stereocenters. The fraction of sp³-hybridized carbons (Fsp3) is 0.538. The Balaban J connectivity index is 2.68. The molecule has 0 fully saturated rings. The second kappa shape index (κ2) is 9.24. The Kier molecular flexibility index (Phi) is 7.56. The summed E-state index contributed by atoms with van der Waals surface area (Å²) in [6.45, 7) is 2.59. The minimum absolute atomic E-state index is 0.0401. The van der Waals surface area contributed by atoms with Crippen LogP contribution in [0, 0.1) is 10.1 Å². The van der Waals surface area contributed by atoms with Gasteiger partial charge in [0.25, 0.3) is 0 Å². The first-order valence-electron chi connectivity index (χ1n) is 6.27. The molecule has 0 radical (unpaired) electrons. The number of nitro benzene ring substituents is 1. The molecule has 0 heterocycles. The molecule has 20 heavy (non-hydrogen) atoms. The van der Waals surface area contributed by atoms with Crippen LogP contribution in [-0.4, -0.2) is 45.5 Å². The van der Waals surface area contributed by atoms with Crippen molar-refractivity contribution < 1.29 is 19.1 Å². The van der Waals surface area contributed by atoms with Gasteiger partial charge in [-0.3, -0.25) is 10.1 Å². The van der Waals surface area contributed by atoms with Crippen molar-refractivity contribution in [2.45, 2.75) is 6.54 Å². The fourth-order valence-corrected chi connectivity index (χ4v) is 1.58. The maximum absolute atomic E-state index is 10.9. The number of nitrogens with one attached hydrogen (secondary N) is 1. The Hall–Kier alpha value is -1.70. The van der Waals surface area contributed by atoms with Gasteiger partial charge in [-0.15, -0.1) is 0 Å². The maximum Gasteiger partial charge on any atom is 0.310 e. The number of hydrogen-bond donors (Lipinski definition) is 1. The molecule has 0 saturated carbocycles. The summed E-state index contributed by atoms with van der Waals surface area (Å²) in [6.07, 6.45) is 0. The molecule has 1 aromatic carbocycles. The van der Waals surface area contributed by atoms with Crippen LogP contribution >= 0.6 is 0 Å². The lowest BCUT2D eigenvalue weighted by molar-refractivity contribution is -0.385. The van der Waals surface area contributed by atoms with Crippen LogP contribution in [0.5, 0.6) is 5.75 Å². The van der Waals surface area contributed by atoms with Crippen LogP contribution in [0.4, 0.5) is 5.69 Å². The molecule has 1 rings (SSSR count). The minimum atomic E-state index is -0.454. The van der Waals surface area contributed by atoms with Crippen LogP contribution in [0.2, 0.25) is 0 Å². The molecule has 0 atom stereocenters.